The maximum Gasteiger partial charge on any atom is -0.0313 e. The van der Waals surface area contributed by atoms with E-state index in [1.807, 2.05) is 13.0 Å². The Morgan fingerprint density at radius 3 is 2.50 bits per heavy atom. The van der Waals surface area contributed by atoms with Crippen molar-refractivity contribution in [3.8, 4) is 0 Å². The molecule has 0 aliphatic rings. The van der Waals surface area contributed by atoms with E-state index >= 15 is 0 Å². The molecule has 0 aliphatic carbocycles. The molecule has 0 aromatic heterocycles. The summed E-state index contributed by atoms with van der Waals surface area (Å²) in [5.41, 5.74) is 2.46. The minimum absolute atomic E-state index is 1.04. The monoisotopic (exact) mass is 136 g/mol. The highest BCUT2D eigenvalue weighted by Gasteiger charge is 1.83. The summed E-state index contributed by atoms with van der Waals surface area (Å²) in [5, 5.41) is 0. The van der Waals surface area contributed by atoms with Gasteiger partial charge in [0.1, 0.15) is 0 Å². The van der Waals surface area contributed by atoms with E-state index in [-0.39, 0.29) is 0 Å². The van der Waals surface area contributed by atoms with E-state index in [1.54, 1.807) is 0 Å². The lowest BCUT2D eigenvalue weighted by Gasteiger charge is -1.93. The van der Waals surface area contributed by atoms with Crippen molar-refractivity contribution in [2.24, 2.45) is 0 Å². The second-order valence-electron chi connectivity index (χ2n) is 2.40. The Balaban J connectivity index is 4.02. The van der Waals surface area contributed by atoms with Crippen LogP contribution in [0.1, 0.15) is 27.2 Å². The topological polar surface area (TPSA) is 0 Å². The zero-order valence-electron chi connectivity index (χ0n) is 7.15. The van der Waals surface area contributed by atoms with Gasteiger partial charge in [-0.3, -0.25) is 0 Å². The minimum Gasteiger partial charge on any atom is -0.0958 e. The van der Waals surface area contributed by atoms with Gasteiger partial charge >= 0.3 is 0 Å². The average Bonchev–Trinajstić information content (AvgIpc) is 1.88. The lowest BCUT2D eigenvalue weighted by Crippen LogP contribution is -1.73. The SMILES string of the molecule is C=C(/C=C(C)\C=C/C)CC. The first-order chi connectivity index (χ1) is 4.70. The molecule has 10 heavy (non-hydrogen) atoms. The zero-order chi connectivity index (χ0) is 7.98. The molecule has 0 radical (unpaired) electrons. The molecular formula is C10H16. The molecule has 0 unspecified atom stereocenters. The van der Waals surface area contributed by atoms with Crippen molar-refractivity contribution >= 4 is 0 Å². The third-order valence-corrected chi connectivity index (χ3v) is 1.32. The van der Waals surface area contributed by atoms with Crippen molar-refractivity contribution in [2.45, 2.75) is 27.2 Å². The van der Waals surface area contributed by atoms with Gasteiger partial charge in [0.2, 0.25) is 0 Å². The maximum absolute atomic E-state index is 3.89. The van der Waals surface area contributed by atoms with Gasteiger partial charge in [-0.2, -0.15) is 0 Å². The highest BCUT2D eigenvalue weighted by atomic mass is 13.9. The van der Waals surface area contributed by atoms with E-state index in [9.17, 15) is 0 Å². The van der Waals surface area contributed by atoms with E-state index in [4.69, 9.17) is 0 Å². The second kappa shape index (κ2) is 5.04. The minimum atomic E-state index is 1.04. The predicted octanol–water partition coefficient (Wildman–Crippen LogP) is 3.48. The second-order valence-corrected chi connectivity index (χ2v) is 2.40. The van der Waals surface area contributed by atoms with E-state index in [2.05, 4.69) is 32.6 Å². The number of allylic oxidation sites excluding steroid dienone is 5. The molecule has 56 valence electrons. The maximum atomic E-state index is 3.89. The molecule has 0 spiro atoms. The Morgan fingerprint density at radius 1 is 1.50 bits per heavy atom. The summed E-state index contributed by atoms with van der Waals surface area (Å²) in [6.07, 6.45) is 7.27. The summed E-state index contributed by atoms with van der Waals surface area (Å²) >= 11 is 0. The van der Waals surface area contributed by atoms with Crippen LogP contribution in [0, 0.1) is 0 Å². The van der Waals surface area contributed by atoms with Gasteiger partial charge in [0.05, 0.1) is 0 Å². The largest absolute Gasteiger partial charge is 0.0958 e. The van der Waals surface area contributed by atoms with Crippen LogP contribution in [0.2, 0.25) is 0 Å². The van der Waals surface area contributed by atoms with Crippen molar-refractivity contribution in [3.63, 3.8) is 0 Å². The normalized spacial score (nSPS) is 12.5. The van der Waals surface area contributed by atoms with Crippen molar-refractivity contribution in [1.82, 2.24) is 0 Å². The summed E-state index contributed by atoms with van der Waals surface area (Å²) in [6.45, 7) is 10.1. The Bertz CT molecular complexity index is 159. The molecule has 0 heteroatoms. The van der Waals surface area contributed by atoms with Crippen molar-refractivity contribution in [1.29, 1.82) is 0 Å². The summed E-state index contributed by atoms with van der Waals surface area (Å²) in [6, 6.07) is 0. The van der Waals surface area contributed by atoms with E-state index in [1.165, 1.54) is 11.1 Å². The van der Waals surface area contributed by atoms with Crippen LogP contribution in [-0.2, 0) is 0 Å². The molecule has 0 heterocycles. The fourth-order valence-corrected chi connectivity index (χ4v) is 0.735. The summed E-state index contributed by atoms with van der Waals surface area (Å²) in [4.78, 5) is 0. The molecule has 0 saturated carbocycles. The smallest absolute Gasteiger partial charge is 0.0313 e. The van der Waals surface area contributed by atoms with E-state index in [0.29, 0.717) is 0 Å². The Hall–Kier alpha value is -0.780. The van der Waals surface area contributed by atoms with E-state index < -0.39 is 0 Å². The van der Waals surface area contributed by atoms with Crippen molar-refractivity contribution in [3.05, 3.63) is 36.0 Å². The highest BCUT2D eigenvalue weighted by Crippen LogP contribution is 2.04. The number of hydrogen-bond acceptors (Lipinski definition) is 0. The lowest BCUT2D eigenvalue weighted by atomic mass is 10.1. The van der Waals surface area contributed by atoms with Crippen molar-refractivity contribution in [2.75, 3.05) is 0 Å². The molecule has 0 amide bonds. The van der Waals surface area contributed by atoms with Crippen LogP contribution in [0.25, 0.3) is 0 Å². The van der Waals surface area contributed by atoms with Gasteiger partial charge in [-0.05, 0) is 20.3 Å². The summed E-state index contributed by atoms with van der Waals surface area (Å²) < 4.78 is 0. The highest BCUT2D eigenvalue weighted by molar-refractivity contribution is 5.26. The van der Waals surface area contributed by atoms with Gasteiger partial charge in [-0.15, -0.1) is 0 Å². The number of rotatable bonds is 3. The van der Waals surface area contributed by atoms with Crippen LogP contribution >= 0.6 is 0 Å². The third-order valence-electron chi connectivity index (χ3n) is 1.32. The zero-order valence-corrected chi connectivity index (χ0v) is 7.15. The van der Waals surface area contributed by atoms with E-state index in [0.717, 1.165) is 6.42 Å². The Labute approximate surface area is 64.0 Å². The Morgan fingerprint density at radius 2 is 2.10 bits per heavy atom. The van der Waals surface area contributed by atoms with Gasteiger partial charge in [-0.1, -0.05) is 42.9 Å². The molecule has 0 fully saturated rings. The van der Waals surface area contributed by atoms with Crippen LogP contribution < -0.4 is 0 Å². The fourth-order valence-electron chi connectivity index (χ4n) is 0.735. The first-order valence-electron chi connectivity index (χ1n) is 3.69. The summed E-state index contributed by atoms with van der Waals surface area (Å²) in [7, 11) is 0. The third kappa shape index (κ3) is 4.13. The van der Waals surface area contributed by atoms with Gasteiger partial charge in [0.15, 0.2) is 0 Å². The molecule has 0 saturated heterocycles. The predicted molar refractivity (Wildman–Crippen MR) is 48.0 cm³/mol. The fraction of sp³-hybridized carbons (Fsp3) is 0.400. The standard InChI is InChI=1S/C10H16/c1-5-7-10(4)8-9(3)6-2/h5,7-8H,3,6H2,1-2,4H3/b7-5-,10-8-. The van der Waals surface area contributed by atoms with Crippen LogP contribution in [0.3, 0.4) is 0 Å². The van der Waals surface area contributed by atoms with Gasteiger partial charge in [0, 0.05) is 0 Å². The van der Waals surface area contributed by atoms with Gasteiger partial charge < -0.3 is 0 Å². The van der Waals surface area contributed by atoms with Gasteiger partial charge in [0.25, 0.3) is 0 Å². The summed E-state index contributed by atoms with van der Waals surface area (Å²) in [5.74, 6) is 0. The lowest BCUT2D eigenvalue weighted by molar-refractivity contribution is 1.15. The Kier molecular flexibility index (Phi) is 4.65. The molecule has 0 aliphatic heterocycles. The van der Waals surface area contributed by atoms with Crippen LogP contribution in [0.4, 0.5) is 0 Å². The molecule has 0 rings (SSSR count). The molecule has 0 aromatic carbocycles. The molecule has 0 atom stereocenters. The van der Waals surface area contributed by atoms with Crippen molar-refractivity contribution < 1.29 is 0 Å². The first-order valence-corrected chi connectivity index (χ1v) is 3.69. The number of hydrogen-bond donors (Lipinski definition) is 0. The van der Waals surface area contributed by atoms with Crippen LogP contribution in [-0.4, -0.2) is 0 Å². The molecule has 0 aromatic rings. The molecule has 0 N–H and O–H groups in total. The first kappa shape index (κ1) is 9.22. The quantitative estimate of drug-likeness (QED) is 0.521. The molecule has 0 nitrogen and oxygen atoms in total. The molecule has 0 bridgehead atoms. The van der Waals surface area contributed by atoms with Crippen LogP contribution in [0.5, 0.6) is 0 Å². The van der Waals surface area contributed by atoms with Crippen LogP contribution in [0.15, 0.2) is 36.0 Å². The average molecular weight is 136 g/mol. The molecular weight excluding hydrogens is 120 g/mol. The van der Waals surface area contributed by atoms with Gasteiger partial charge in [-0.25, -0.2) is 0 Å².